The molecule has 0 radical (unpaired) electrons. The van der Waals surface area contributed by atoms with Crippen LogP contribution in [0.5, 0.6) is 0 Å². The lowest BCUT2D eigenvalue weighted by Crippen LogP contribution is -2.49. The molecule has 2 unspecified atom stereocenters. The Kier molecular flexibility index (Phi) is 10.3. The lowest BCUT2D eigenvalue weighted by atomic mass is 9.92. The molecule has 23 heavy (non-hydrogen) atoms. The van der Waals surface area contributed by atoms with Gasteiger partial charge in [0.25, 0.3) is 0 Å². The van der Waals surface area contributed by atoms with E-state index >= 15 is 0 Å². The van der Waals surface area contributed by atoms with Crippen molar-refractivity contribution in [3.05, 3.63) is 29.8 Å². The van der Waals surface area contributed by atoms with Gasteiger partial charge in [-0.25, -0.2) is 0 Å². The topological polar surface area (TPSA) is 58.4 Å². The molecule has 1 aromatic rings. The molecule has 2 rings (SSSR count). The minimum absolute atomic E-state index is 0. The maximum atomic E-state index is 12.4. The van der Waals surface area contributed by atoms with Crippen LogP contribution < -0.4 is 11.1 Å². The van der Waals surface area contributed by atoms with Gasteiger partial charge in [0, 0.05) is 37.8 Å². The maximum Gasteiger partial charge on any atom is 0.224 e. The predicted molar refractivity (Wildman–Crippen MR) is 102 cm³/mol. The molecule has 4 nitrogen and oxygen atoms in total. The van der Waals surface area contributed by atoms with Crippen molar-refractivity contribution < 1.29 is 4.79 Å². The summed E-state index contributed by atoms with van der Waals surface area (Å²) in [6.45, 7) is 6.41. The summed E-state index contributed by atoms with van der Waals surface area (Å²) in [5, 5.41) is 3.35. The number of carbonyl (C=O) groups excluding carboxylic acids is 1. The second-order valence-corrected chi connectivity index (χ2v) is 6.10. The number of hydrogen-bond acceptors (Lipinski definition) is 3. The monoisotopic (exact) mass is 361 g/mol. The molecule has 2 atom stereocenters. The van der Waals surface area contributed by atoms with Gasteiger partial charge in [-0.1, -0.05) is 25.1 Å². The van der Waals surface area contributed by atoms with Gasteiger partial charge in [0.05, 0.1) is 0 Å². The Morgan fingerprint density at radius 3 is 2.70 bits per heavy atom. The third-order valence-corrected chi connectivity index (χ3v) is 4.37. The Labute approximate surface area is 152 Å². The quantitative estimate of drug-likeness (QED) is 0.846. The van der Waals surface area contributed by atoms with E-state index < -0.39 is 0 Å². The number of nitrogens with zero attached hydrogens (tertiary/aromatic N) is 1. The lowest BCUT2D eigenvalue weighted by Gasteiger charge is -2.38. The summed E-state index contributed by atoms with van der Waals surface area (Å²) in [7, 11) is 0. The van der Waals surface area contributed by atoms with E-state index in [1.165, 1.54) is 5.56 Å². The number of amides is 1. The number of nitrogens with one attached hydrogen (secondary N) is 1. The van der Waals surface area contributed by atoms with Gasteiger partial charge < -0.3 is 16.0 Å². The Bertz CT molecular complexity index is 485. The first kappa shape index (κ1) is 22.0. The van der Waals surface area contributed by atoms with E-state index in [-0.39, 0.29) is 36.8 Å². The summed E-state index contributed by atoms with van der Waals surface area (Å²) in [6, 6.07) is 8.37. The van der Waals surface area contributed by atoms with Gasteiger partial charge in [-0.15, -0.1) is 24.8 Å². The van der Waals surface area contributed by atoms with Crippen molar-refractivity contribution in [1.82, 2.24) is 4.90 Å². The molecule has 3 N–H and O–H groups in total. The average molecular weight is 362 g/mol. The second kappa shape index (κ2) is 10.7. The van der Waals surface area contributed by atoms with E-state index in [9.17, 15) is 4.79 Å². The minimum Gasteiger partial charge on any atom is -0.384 e. The molecule has 0 saturated carbocycles. The number of likely N-dealkylation sites (tertiary alicyclic amines) is 1. The number of piperidine rings is 1. The van der Waals surface area contributed by atoms with Crippen LogP contribution in [0.4, 0.5) is 5.69 Å². The van der Waals surface area contributed by atoms with Crippen molar-refractivity contribution in [2.24, 2.45) is 11.7 Å². The van der Waals surface area contributed by atoms with E-state index in [4.69, 9.17) is 5.73 Å². The van der Waals surface area contributed by atoms with E-state index in [0.29, 0.717) is 25.4 Å². The minimum atomic E-state index is 0. The molecule has 0 aliphatic carbocycles. The largest absolute Gasteiger partial charge is 0.384 e. The van der Waals surface area contributed by atoms with Crippen molar-refractivity contribution in [2.45, 2.75) is 39.2 Å². The normalized spacial score (nSPS) is 20.2. The van der Waals surface area contributed by atoms with Gasteiger partial charge in [0.2, 0.25) is 5.91 Å². The molecule has 1 heterocycles. The summed E-state index contributed by atoms with van der Waals surface area (Å²) < 4.78 is 0. The van der Waals surface area contributed by atoms with Crippen molar-refractivity contribution in [1.29, 1.82) is 0 Å². The molecule has 0 spiro atoms. The first-order valence-corrected chi connectivity index (χ1v) is 7.91. The number of rotatable bonds is 5. The van der Waals surface area contributed by atoms with E-state index in [2.05, 4.69) is 25.2 Å². The van der Waals surface area contributed by atoms with Crippen LogP contribution >= 0.6 is 24.8 Å². The van der Waals surface area contributed by atoms with Crippen molar-refractivity contribution in [2.75, 3.05) is 25.0 Å². The number of para-hydroxylation sites is 1. The Hall–Kier alpha value is -0.970. The Balaban J connectivity index is 0.00000242. The summed E-state index contributed by atoms with van der Waals surface area (Å²) in [6.07, 6.45) is 2.65. The van der Waals surface area contributed by atoms with Crippen LogP contribution in [0, 0.1) is 12.8 Å². The standard InChI is InChI=1S/C17H27N3O.2ClH/c1-13-8-10-20(15(11-13)12-18)17(21)7-9-19-16-6-4-3-5-14(16)2;;/h3-6,13,15,19H,7-12,18H2,1-2H3;2*1H. The van der Waals surface area contributed by atoms with Gasteiger partial charge in [0.15, 0.2) is 0 Å². The molecule has 1 fully saturated rings. The first-order chi connectivity index (χ1) is 10.1. The maximum absolute atomic E-state index is 12.4. The summed E-state index contributed by atoms with van der Waals surface area (Å²) in [4.78, 5) is 14.4. The fourth-order valence-electron chi connectivity index (χ4n) is 3.02. The molecule has 0 aromatic heterocycles. The fourth-order valence-corrected chi connectivity index (χ4v) is 3.02. The number of aryl methyl sites for hydroxylation is 1. The first-order valence-electron chi connectivity index (χ1n) is 7.91. The van der Waals surface area contributed by atoms with Crippen molar-refractivity contribution >= 4 is 36.4 Å². The summed E-state index contributed by atoms with van der Waals surface area (Å²) in [5.41, 5.74) is 8.13. The van der Waals surface area contributed by atoms with Crippen LogP contribution in [0.3, 0.4) is 0 Å². The van der Waals surface area contributed by atoms with Gasteiger partial charge in [-0.2, -0.15) is 0 Å². The Morgan fingerprint density at radius 1 is 1.35 bits per heavy atom. The van der Waals surface area contributed by atoms with Gasteiger partial charge in [-0.3, -0.25) is 4.79 Å². The zero-order valence-electron chi connectivity index (χ0n) is 14.0. The van der Waals surface area contributed by atoms with Gasteiger partial charge >= 0.3 is 0 Å². The highest BCUT2D eigenvalue weighted by atomic mass is 35.5. The zero-order valence-corrected chi connectivity index (χ0v) is 15.6. The molecule has 1 amide bonds. The molecule has 1 aliphatic rings. The van der Waals surface area contributed by atoms with Crippen LogP contribution in [0.1, 0.15) is 31.7 Å². The van der Waals surface area contributed by atoms with Crippen molar-refractivity contribution in [3.63, 3.8) is 0 Å². The number of nitrogens with two attached hydrogens (primary N) is 1. The highest BCUT2D eigenvalue weighted by molar-refractivity contribution is 5.85. The average Bonchev–Trinajstić information content (AvgIpc) is 2.48. The molecule has 6 heteroatoms. The van der Waals surface area contributed by atoms with Crippen LogP contribution in [-0.2, 0) is 4.79 Å². The van der Waals surface area contributed by atoms with Gasteiger partial charge in [-0.05, 0) is 37.3 Å². The molecular weight excluding hydrogens is 333 g/mol. The number of benzene rings is 1. The summed E-state index contributed by atoms with van der Waals surface area (Å²) in [5.74, 6) is 0.895. The molecule has 1 aliphatic heterocycles. The summed E-state index contributed by atoms with van der Waals surface area (Å²) >= 11 is 0. The van der Waals surface area contributed by atoms with E-state index in [0.717, 1.165) is 25.1 Å². The van der Waals surface area contributed by atoms with E-state index in [1.807, 2.05) is 23.1 Å². The van der Waals surface area contributed by atoms with Crippen molar-refractivity contribution in [3.8, 4) is 0 Å². The molecule has 1 aromatic carbocycles. The highest BCUT2D eigenvalue weighted by Crippen LogP contribution is 2.22. The molecular formula is C17H29Cl2N3O. The van der Waals surface area contributed by atoms with Crippen LogP contribution in [0.2, 0.25) is 0 Å². The zero-order chi connectivity index (χ0) is 15.2. The SMILES string of the molecule is Cc1ccccc1NCCC(=O)N1CCC(C)CC1CN.Cl.Cl. The number of carbonyl (C=O) groups is 1. The van der Waals surface area contributed by atoms with Crippen LogP contribution in [0.25, 0.3) is 0 Å². The van der Waals surface area contributed by atoms with E-state index in [1.54, 1.807) is 0 Å². The second-order valence-electron chi connectivity index (χ2n) is 6.10. The third kappa shape index (κ3) is 6.21. The smallest absolute Gasteiger partial charge is 0.224 e. The van der Waals surface area contributed by atoms with Crippen LogP contribution in [-0.4, -0.2) is 36.5 Å². The Morgan fingerprint density at radius 2 is 2.04 bits per heavy atom. The number of halogens is 2. The highest BCUT2D eigenvalue weighted by Gasteiger charge is 2.28. The lowest BCUT2D eigenvalue weighted by molar-refractivity contribution is -0.135. The van der Waals surface area contributed by atoms with Gasteiger partial charge in [0.1, 0.15) is 0 Å². The molecule has 132 valence electrons. The van der Waals surface area contributed by atoms with Crippen LogP contribution in [0.15, 0.2) is 24.3 Å². The fraction of sp³-hybridized carbons (Fsp3) is 0.588. The molecule has 0 bridgehead atoms. The third-order valence-electron chi connectivity index (χ3n) is 4.37. The number of hydrogen-bond donors (Lipinski definition) is 2. The predicted octanol–water partition coefficient (Wildman–Crippen LogP) is 3.23. The molecule has 1 saturated heterocycles. The number of anilines is 1.